The zero-order valence-electron chi connectivity index (χ0n) is 29.7. The SMILES string of the molecule is CC1(S(=O)(=O)n2ccc3c(N4CCNCC4)cccc32)C=CC=CC1S(=O)(=O)C1C=CC=CC1(C)S(=O)(=O)n1ccc2c(N3CCNCC3)cccc21. The summed E-state index contributed by atoms with van der Waals surface area (Å²) in [6.45, 7) is 9.11. The van der Waals surface area contributed by atoms with E-state index in [4.69, 9.17) is 0 Å². The van der Waals surface area contributed by atoms with E-state index >= 15 is 8.42 Å². The summed E-state index contributed by atoms with van der Waals surface area (Å²) in [5, 5.41) is 4.93. The minimum absolute atomic E-state index is 0.439. The van der Waals surface area contributed by atoms with Crippen LogP contribution in [0.2, 0.25) is 0 Å². The molecule has 2 aliphatic carbocycles. The summed E-state index contributed by atoms with van der Waals surface area (Å²) >= 11 is 0. The smallest absolute Gasteiger partial charge is 0.249 e. The van der Waals surface area contributed by atoms with Crippen LogP contribution in [0.3, 0.4) is 0 Å². The van der Waals surface area contributed by atoms with Gasteiger partial charge in [-0.25, -0.2) is 33.2 Å². The average Bonchev–Trinajstić information content (AvgIpc) is 3.82. The topological polar surface area (TPSA) is 143 Å². The Bertz CT molecular complexity index is 2370. The fourth-order valence-corrected chi connectivity index (χ4v) is 15.7. The van der Waals surface area contributed by atoms with Gasteiger partial charge in [-0.3, -0.25) is 0 Å². The molecule has 2 aromatic heterocycles. The monoisotopic (exact) mass is 776 g/mol. The highest BCUT2D eigenvalue weighted by Crippen LogP contribution is 2.43. The minimum atomic E-state index is -4.60. The van der Waals surface area contributed by atoms with E-state index in [1.165, 1.54) is 82.8 Å². The largest absolute Gasteiger partial charge is 0.368 e. The van der Waals surface area contributed by atoms with Gasteiger partial charge in [0.15, 0.2) is 9.84 Å². The number of hydrogen-bond donors (Lipinski definition) is 2. The van der Waals surface area contributed by atoms with Crippen LogP contribution in [0.5, 0.6) is 0 Å². The van der Waals surface area contributed by atoms with Crippen LogP contribution in [0, 0.1) is 0 Å². The molecule has 0 bridgehead atoms. The molecule has 280 valence electrons. The van der Waals surface area contributed by atoms with Gasteiger partial charge in [0.05, 0.1) is 11.0 Å². The van der Waals surface area contributed by atoms with Crippen LogP contribution in [-0.2, 0) is 29.9 Å². The zero-order chi connectivity index (χ0) is 37.2. The second kappa shape index (κ2) is 13.0. The van der Waals surface area contributed by atoms with Crippen LogP contribution in [0.15, 0.2) is 110 Å². The molecule has 4 heterocycles. The lowest BCUT2D eigenvalue weighted by Gasteiger charge is -2.40. The van der Waals surface area contributed by atoms with Crippen molar-refractivity contribution in [2.75, 3.05) is 62.2 Å². The molecule has 2 aromatic carbocycles. The summed E-state index contributed by atoms with van der Waals surface area (Å²) in [6.07, 6.45) is 14.6. The molecule has 0 amide bonds. The van der Waals surface area contributed by atoms with Gasteiger partial charge in [-0.15, -0.1) is 0 Å². The third-order valence-corrected chi connectivity index (χ3v) is 19.1. The standard InChI is InChI=1S/C38H44N6O6S3/c1-37(52(47,48)43-23-15-29-31(9-7-11-33(29)43)41-25-19-39-20-26-41)17-5-3-13-35(37)51(45,46)36-14-4-6-18-38(36,2)53(49,50)44-24-16-30-32(10-8-12-34(30)44)42-27-21-40-22-28-42/h3-18,23-24,35-36,39-40H,19-22,25-28H2,1-2H3. The number of aromatic nitrogens is 2. The molecule has 2 aliphatic heterocycles. The third-order valence-electron chi connectivity index (χ3n) is 11.4. The molecule has 2 N–H and O–H groups in total. The average molecular weight is 777 g/mol. The fraction of sp³-hybridized carbons (Fsp3) is 0.368. The highest BCUT2D eigenvalue weighted by atomic mass is 32.2. The Labute approximate surface area is 311 Å². The van der Waals surface area contributed by atoms with Crippen molar-refractivity contribution in [1.29, 1.82) is 0 Å². The molecule has 15 heteroatoms. The van der Waals surface area contributed by atoms with Gasteiger partial charge in [-0.05, 0) is 50.2 Å². The van der Waals surface area contributed by atoms with E-state index in [0.29, 0.717) is 11.0 Å². The number of nitrogens with zero attached hydrogens (tertiary/aromatic N) is 4. The van der Waals surface area contributed by atoms with Crippen LogP contribution < -0.4 is 20.4 Å². The lowest BCUT2D eigenvalue weighted by atomic mass is 10.0. The molecular formula is C38H44N6O6S3. The summed E-state index contributed by atoms with van der Waals surface area (Å²) in [5.74, 6) is 0. The number of rotatable bonds is 8. The van der Waals surface area contributed by atoms with Gasteiger partial charge < -0.3 is 20.4 Å². The predicted molar refractivity (Wildman–Crippen MR) is 213 cm³/mol. The van der Waals surface area contributed by atoms with E-state index in [-0.39, 0.29) is 0 Å². The molecular weight excluding hydrogens is 733 g/mol. The van der Waals surface area contributed by atoms with Crippen LogP contribution in [0.4, 0.5) is 11.4 Å². The second-order valence-corrected chi connectivity index (χ2v) is 21.1. The van der Waals surface area contributed by atoms with Crippen LogP contribution in [0.1, 0.15) is 13.8 Å². The molecule has 4 aromatic rings. The Morgan fingerprint density at radius 3 is 1.36 bits per heavy atom. The number of hydrogen-bond acceptors (Lipinski definition) is 10. The number of nitrogens with one attached hydrogen (secondary N) is 2. The van der Waals surface area contributed by atoms with E-state index < -0.39 is 49.9 Å². The summed E-state index contributed by atoms with van der Waals surface area (Å²) in [7, 11) is -13.5. The molecule has 0 spiro atoms. The number of piperazine rings is 2. The van der Waals surface area contributed by atoms with Crippen molar-refractivity contribution in [3.63, 3.8) is 0 Å². The van der Waals surface area contributed by atoms with Crippen molar-refractivity contribution < 1.29 is 25.3 Å². The van der Waals surface area contributed by atoms with Crippen LogP contribution in [0.25, 0.3) is 21.8 Å². The molecule has 8 rings (SSSR count). The van der Waals surface area contributed by atoms with Gasteiger partial charge in [0, 0.05) is 86.9 Å². The number of anilines is 2. The molecule has 4 aliphatic rings. The number of benzene rings is 2. The van der Waals surface area contributed by atoms with Gasteiger partial charge in [-0.1, -0.05) is 60.7 Å². The predicted octanol–water partition coefficient (Wildman–Crippen LogP) is 3.39. The number of allylic oxidation sites excluding steroid dienone is 4. The summed E-state index contributed by atoms with van der Waals surface area (Å²) in [6, 6.07) is 14.5. The van der Waals surface area contributed by atoms with Gasteiger partial charge in [0.25, 0.3) is 0 Å². The summed E-state index contributed by atoms with van der Waals surface area (Å²) in [4.78, 5) is 4.41. The maximum absolute atomic E-state index is 15.1. The van der Waals surface area contributed by atoms with E-state index in [1.54, 1.807) is 24.3 Å². The minimum Gasteiger partial charge on any atom is -0.368 e. The molecule has 2 fully saturated rings. The first kappa shape index (κ1) is 35.9. The fourth-order valence-electron chi connectivity index (χ4n) is 8.35. The Hall–Kier alpha value is -4.15. The summed E-state index contributed by atoms with van der Waals surface area (Å²) in [5.41, 5.74) is 2.69. The van der Waals surface area contributed by atoms with Crippen molar-refractivity contribution in [3.8, 4) is 0 Å². The first-order chi connectivity index (χ1) is 25.3. The normalized spacial score (nSPS) is 26.9. The maximum atomic E-state index is 15.1. The molecule has 4 atom stereocenters. The van der Waals surface area contributed by atoms with E-state index in [2.05, 4.69) is 20.4 Å². The van der Waals surface area contributed by atoms with Crippen molar-refractivity contribution >= 4 is 63.1 Å². The lowest BCUT2D eigenvalue weighted by Crippen LogP contribution is -2.58. The number of fused-ring (bicyclic) bond motifs is 2. The quantitative estimate of drug-likeness (QED) is 0.274. The Morgan fingerprint density at radius 2 is 0.962 bits per heavy atom. The van der Waals surface area contributed by atoms with Gasteiger partial charge >= 0.3 is 0 Å². The third kappa shape index (κ3) is 5.45. The van der Waals surface area contributed by atoms with Crippen molar-refractivity contribution in [1.82, 2.24) is 18.6 Å². The maximum Gasteiger partial charge on any atom is 0.249 e. The van der Waals surface area contributed by atoms with Crippen LogP contribution in [-0.4, -0.2) is 106 Å². The lowest BCUT2D eigenvalue weighted by molar-refractivity contribution is 0.523. The van der Waals surface area contributed by atoms with E-state index in [0.717, 1.165) is 74.5 Å². The second-order valence-electron chi connectivity index (χ2n) is 14.4. The Kier molecular flexibility index (Phi) is 8.80. The highest BCUT2D eigenvalue weighted by molar-refractivity contribution is 7.98. The first-order valence-corrected chi connectivity index (χ1v) is 22.4. The molecule has 12 nitrogen and oxygen atoms in total. The molecule has 0 radical (unpaired) electrons. The van der Waals surface area contributed by atoms with E-state index in [1.807, 2.05) is 24.3 Å². The van der Waals surface area contributed by atoms with Crippen molar-refractivity contribution in [3.05, 3.63) is 110 Å². The Morgan fingerprint density at radius 1 is 0.566 bits per heavy atom. The highest BCUT2D eigenvalue weighted by Gasteiger charge is 2.59. The van der Waals surface area contributed by atoms with Gasteiger partial charge in [-0.2, -0.15) is 0 Å². The van der Waals surface area contributed by atoms with E-state index in [9.17, 15) is 16.8 Å². The van der Waals surface area contributed by atoms with Crippen LogP contribution >= 0.6 is 0 Å². The zero-order valence-corrected chi connectivity index (χ0v) is 32.1. The molecule has 53 heavy (non-hydrogen) atoms. The Balaban J connectivity index is 1.19. The summed E-state index contributed by atoms with van der Waals surface area (Å²) < 4.78 is 88.2. The number of sulfone groups is 1. The van der Waals surface area contributed by atoms with Crippen molar-refractivity contribution in [2.45, 2.75) is 33.8 Å². The molecule has 2 saturated heterocycles. The van der Waals surface area contributed by atoms with Crippen molar-refractivity contribution in [2.24, 2.45) is 0 Å². The van der Waals surface area contributed by atoms with Gasteiger partial charge in [0.1, 0.15) is 20.0 Å². The first-order valence-electron chi connectivity index (χ1n) is 17.9. The molecule has 4 unspecified atom stereocenters. The molecule has 0 saturated carbocycles. The van der Waals surface area contributed by atoms with Gasteiger partial charge in [0.2, 0.25) is 20.0 Å².